The van der Waals surface area contributed by atoms with Gasteiger partial charge in [-0.15, -0.1) is 11.6 Å². The van der Waals surface area contributed by atoms with E-state index in [1.54, 1.807) is 0 Å². The van der Waals surface area contributed by atoms with Gasteiger partial charge in [-0.1, -0.05) is 0 Å². The molecule has 1 amide bonds. The molecular formula is C12H11ClN2O5. The predicted octanol–water partition coefficient (Wildman–Crippen LogP) is 1.88. The number of nitrogens with zero attached hydrogens (tertiary/aromatic N) is 2. The van der Waals surface area contributed by atoms with E-state index < -0.39 is 16.6 Å². The van der Waals surface area contributed by atoms with E-state index >= 15 is 0 Å². The molecule has 1 aliphatic rings. The standard InChI is InChI=1S/C12H11ClN2O5/c13-5-7-3-11(16)14(6-7)9-2-1-8(12(17)18)4-10(9)15(19)20/h1-2,4,7H,3,5-6H2,(H,17,18). The lowest BCUT2D eigenvalue weighted by Gasteiger charge is -2.16. The van der Waals surface area contributed by atoms with Gasteiger partial charge in [0.2, 0.25) is 5.91 Å². The maximum Gasteiger partial charge on any atom is 0.335 e. The Morgan fingerprint density at radius 1 is 1.55 bits per heavy atom. The molecule has 1 aliphatic heterocycles. The summed E-state index contributed by atoms with van der Waals surface area (Å²) in [6, 6.07) is 3.49. The van der Waals surface area contributed by atoms with Crippen LogP contribution in [0.1, 0.15) is 16.8 Å². The van der Waals surface area contributed by atoms with Gasteiger partial charge in [-0.05, 0) is 18.1 Å². The highest BCUT2D eigenvalue weighted by molar-refractivity contribution is 6.18. The van der Waals surface area contributed by atoms with Crippen molar-refractivity contribution in [1.82, 2.24) is 0 Å². The summed E-state index contributed by atoms with van der Waals surface area (Å²) in [5, 5.41) is 19.9. The van der Waals surface area contributed by atoms with Crippen LogP contribution in [0.25, 0.3) is 0 Å². The molecule has 0 radical (unpaired) electrons. The van der Waals surface area contributed by atoms with E-state index in [4.69, 9.17) is 16.7 Å². The maximum atomic E-state index is 11.9. The number of halogens is 1. The second kappa shape index (κ2) is 5.46. The molecule has 2 rings (SSSR count). The normalized spacial score (nSPS) is 18.4. The number of aromatic carboxylic acids is 1. The smallest absolute Gasteiger partial charge is 0.335 e. The van der Waals surface area contributed by atoms with Crippen LogP contribution >= 0.6 is 11.6 Å². The molecule has 7 nitrogen and oxygen atoms in total. The van der Waals surface area contributed by atoms with Gasteiger partial charge in [0.05, 0.1) is 10.5 Å². The molecule has 1 aromatic rings. The third kappa shape index (κ3) is 2.57. The topological polar surface area (TPSA) is 101 Å². The minimum absolute atomic E-state index is 0.0529. The van der Waals surface area contributed by atoms with E-state index in [9.17, 15) is 19.7 Å². The van der Waals surface area contributed by atoms with Crippen LogP contribution in [0.3, 0.4) is 0 Å². The second-order valence-electron chi connectivity index (χ2n) is 4.49. The summed E-state index contributed by atoms with van der Waals surface area (Å²) in [6.45, 7) is 0.301. The van der Waals surface area contributed by atoms with Crippen LogP contribution in [-0.2, 0) is 4.79 Å². The molecular weight excluding hydrogens is 288 g/mol. The van der Waals surface area contributed by atoms with Gasteiger partial charge in [0.15, 0.2) is 0 Å². The number of carboxylic acids is 1. The fourth-order valence-corrected chi connectivity index (χ4v) is 2.36. The molecule has 0 bridgehead atoms. The number of carbonyl (C=O) groups is 2. The van der Waals surface area contributed by atoms with Crippen molar-refractivity contribution in [1.29, 1.82) is 0 Å². The van der Waals surface area contributed by atoms with Gasteiger partial charge in [0.1, 0.15) is 5.69 Å². The average molecular weight is 299 g/mol. The van der Waals surface area contributed by atoms with E-state index in [-0.39, 0.29) is 29.5 Å². The molecule has 0 aliphatic carbocycles. The van der Waals surface area contributed by atoms with E-state index in [0.717, 1.165) is 6.07 Å². The zero-order valence-electron chi connectivity index (χ0n) is 10.3. The lowest BCUT2D eigenvalue weighted by Crippen LogP contribution is -2.25. The molecule has 0 saturated carbocycles. The quantitative estimate of drug-likeness (QED) is 0.519. The molecule has 106 valence electrons. The largest absolute Gasteiger partial charge is 0.478 e. The highest BCUT2D eigenvalue weighted by Gasteiger charge is 2.34. The monoisotopic (exact) mass is 298 g/mol. The first-order chi connectivity index (χ1) is 9.43. The van der Waals surface area contributed by atoms with Crippen molar-refractivity contribution in [3.63, 3.8) is 0 Å². The van der Waals surface area contributed by atoms with Crippen molar-refractivity contribution < 1.29 is 19.6 Å². The first-order valence-electron chi connectivity index (χ1n) is 5.82. The summed E-state index contributed by atoms with van der Waals surface area (Å²) in [4.78, 5) is 34.4. The first kappa shape index (κ1) is 14.3. The van der Waals surface area contributed by atoms with E-state index in [1.807, 2.05) is 0 Å². The number of carboxylic acid groups (broad SMARTS) is 1. The minimum atomic E-state index is -1.26. The van der Waals surface area contributed by atoms with Gasteiger partial charge in [0.25, 0.3) is 5.69 Å². The van der Waals surface area contributed by atoms with Crippen LogP contribution in [0.15, 0.2) is 18.2 Å². The highest BCUT2D eigenvalue weighted by Crippen LogP contribution is 2.34. The number of benzene rings is 1. The number of nitro groups is 1. The third-order valence-electron chi connectivity index (χ3n) is 3.13. The minimum Gasteiger partial charge on any atom is -0.478 e. The van der Waals surface area contributed by atoms with Crippen LogP contribution in [0.2, 0.25) is 0 Å². The van der Waals surface area contributed by atoms with Gasteiger partial charge in [0, 0.05) is 24.9 Å². The Morgan fingerprint density at radius 2 is 2.25 bits per heavy atom. The van der Waals surface area contributed by atoms with Gasteiger partial charge < -0.3 is 10.0 Å². The van der Waals surface area contributed by atoms with Crippen LogP contribution < -0.4 is 4.90 Å². The van der Waals surface area contributed by atoms with Crippen molar-refractivity contribution in [3.05, 3.63) is 33.9 Å². The third-order valence-corrected chi connectivity index (χ3v) is 3.57. The number of amides is 1. The van der Waals surface area contributed by atoms with Crippen LogP contribution in [-0.4, -0.2) is 34.3 Å². The van der Waals surface area contributed by atoms with E-state index in [2.05, 4.69) is 0 Å². The van der Waals surface area contributed by atoms with Gasteiger partial charge in [-0.2, -0.15) is 0 Å². The molecule has 1 N–H and O–H groups in total. The summed E-state index contributed by atoms with van der Waals surface area (Å²) < 4.78 is 0. The summed E-state index contributed by atoms with van der Waals surface area (Å²) in [5.74, 6) is -1.26. The van der Waals surface area contributed by atoms with Gasteiger partial charge in [-0.25, -0.2) is 4.79 Å². The zero-order valence-corrected chi connectivity index (χ0v) is 11.0. The molecule has 1 aromatic carbocycles. The van der Waals surface area contributed by atoms with Crippen LogP contribution in [0, 0.1) is 16.0 Å². The number of rotatable bonds is 4. The number of nitro benzene ring substituents is 1. The Bertz CT molecular complexity index is 589. The second-order valence-corrected chi connectivity index (χ2v) is 4.80. The lowest BCUT2D eigenvalue weighted by molar-refractivity contribution is -0.384. The fraction of sp³-hybridized carbons (Fsp3) is 0.333. The average Bonchev–Trinajstić information content (AvgIpc) is 2.79. The zero-order chi connectivity index (χ0) is 14.9. The summed E-state index contributed by atoms with van der Waals surface area (Å²) in [5.41, 5.74) is -0.480. The summed E-state index contributed by atoms with van der Waals surface area (Å²) in [7, 11) is 0. The number of carbonyl (C=O) groups excluding carboxylic acids is 1. The highest BCUT2D eigenvalue weighted by atomic mass is 35.5. The molecule has 8 heteroatoms. The predicted molar refractivity (Wildman–Crippen MR) is 71.2 cm³/mol. The maximum absolute atomic E-state index is 11.9. The van der Waals surface area contributed by atoms with Gasteiger partial charge >= 0.3 is 5.97 Å². The molecule has 1 fully saturated rings. The summed E-state index contributed by atoms with van der Waals surface area (Å²) >= 11 is 5.70. The number of anilines is 1. The Hall–Kier alpha value is -2.15. The Labute approximate surface area is 118 Å². The van der Waals surface area contributed by atoms with E-state index in [1.165, 1.54) is 17.0 Å². The van der Waals surface area contributed by atoms with Crippen LogP contribution in [0.4, 0.5) is 11.4 Å². The fourth-order valence-electron chi connectivity index (χ4n) is 2.15. The molecule has 1 atom stereocenters. The van der Waals surface area contributed by atoms with E-state index in [0.29, 0.717) is 12.4 Å². The number of hydrogen-bond donors (Lipinski definition) is 1. The Morgan fingerprint density at radius 3 is 2.75 bits per heavy atom. The van der Waals surface area contributed by atoms with Crippen LogP contribution in [0.5, 0.6) is 0 Å². The SMILES string of the molecule is O=C(O)c1ccc(N2CC(CCl)CC2=O)c([N+](=O)[O-])c1. The lowest BCUT2D eigenvalue weighted by atomic mass is 10.1. The molecule has 1 saturated heterocycles. The molecule has 0 aromatic heterocycles. The number of alkyl halides is 1. The van der Waals surface area contributed by atoms with Crippen molar-refractivity contribution in [2.45, 2.75) is 6.42 Å². The molecule has 1 heterocycles. The van der Waals surface area contributed by atoms with Gasteiger partial charge in [-0.3, -0.25) is 14.9 Å². The summed E-state index contributed by atoms with van der Waals surface area (Å²) in [6.07, 6.45) is 0.237. The van der Waals surface area contributed by atoms with Crippen molar-refractivity contribution >= 4 is 34.9 Å². The first-order valence-corrected chi connectivity index (χ1v) is 6.35. The molecule has 20 heavy (non-hydrogen) atoms. The van der Waals surface area contributed by atoms with Crippen molar-refractivity contribution in [3.8, 4) is 0 Å². The van der Waals surface area contributed by atoms with Crippen molar-refractivity contribution in [2.75, 3.05) is 17.3 Å². The molecule has 1 unspecified atom stereocenters. The Balaban J connectivity index is 2.44. The van der Waals surface area contributed by atoms with Crippen molar-refractivity contribution in [2.24, 2.45) is 5.92 Å². The Kier molecular flexibility index (Phi) is 3.89. The number of hydrogen-bond acceptors (Lipinski definition) is 4. The molecule has 0 spiro atoms.